The predicted octanol–water partition coefficient (Wildman–Crippen LogP) is 1.43. The highest BCUT2D eigenvalue weighted by molar-refractivity contribution is 7.86. The van der Waals surface area contributed by atoms with Gasteiger partial charge < -0.3 is 10.6 Å². The smallest absolute Gasteiger partial charge is 0.314 e. The van der Waals surface area contributed by atoms with Gasteiger partial charge in [-0.15, -0.1) is 0 Å². The molecule has 120 valence electrons. The van der Waals surface area contributed by atoms with E-state index in [2.05, 4.69) is 15.7 Å². The molecular weight excluding hydrogens is 288 g/mol. The van der Waals surface area contributed by atoms with E-state index in [1.54, 1.807) is 0 Å². The lowest BCUT2D eigenvalue weighted by Crippen LogP contribution is -2.39. The van der Waals surface area contributed by atoms with Gasteiger partial charge in [0.25, 0.3) is 0 Å². The first-order valence-electron chi connectivity index (χ1n) is 7.18. The number of hydrogen-bond donors (Lipinski definition) is 2. The maximum Gasteiger partial charge on any atom is 0.314 e. The van der Waals surface area contributed by atoms with Crippen LogP contribution < -0.4 is 10.6 Å². The Morgan fingerprint density at radius 3 is 2.57 bits per heavy atom. The van der Waals surface area contributed by atoms with Gasteiger partial charge in [0.2, 0.25) is 0 Å². The van der Waals surface area contributed by atoms with Crippen molar-refractivity contribution >= 4 is 16.8 Å². The molecule has 0 aliphatic carbocycles. The van der Waals surface area contributed by atoms with Crippen molar-refractivity contribution in [3.8, 4) is 0 Å². The van der Waals surface area contributed by atoms with E-state index in [1.807, 2.05) is 44.8 Å². The van der Waals surface area contributed by atoms with Crippen LogP contribution in [0.25, 0.3) is 0 Å². The molecular formula is C14H26N4O2S. The summed E-state index contributed by atoms with van der Waals surface area (Å²) in [5.41, 5.74) is 1.13. The highest BCUT2D eigenvalue weighted by Crippen LogP contribution is 2.10. The van der Waals surface area contributed by atoms with Gasteiger partial charge in [-0.1, -0.05) is 0 Å². The number of carbonyl (C=O) groups excluding carboxylic acids is 1. The van der Waals surface area contributed by atoms with E-state index in [1.165, 1.54) is 0 Å². The molecule has 0 aromatic carbocycles. The maximum atomic E-state index is 11.8. The summed E-state index contributed by atoms with van der Waals surface area (Å²) in [5, 5.41) is 9.68. The van der Waals surface area contributed by atoms with E-state index < -0.39 is 10.8 Å². The first-order chi connectivity index (χ1) is 9.79. The first kappa shape index (κ1) is 17.7. The molecule has 0 saturated carbocycles. The number of amides is 2. The lowest BCUT2D eigenvalue weighted by Gasteiger charge is -2.17. The SMILES string of the molecule is Cc1cnn(CCCNC(=O)NCC[S@](=O)C(C)(C)C)c1. The number of carbonyl (C=O) groups is 1. The molecule has 0 aliphatic heterocycles. The van der Waals surface area contributed by atoms with Crippen molar-refractivity contribution in [2.45, 2.75) is 45.4 Å². The Morgan fingerprint density at radius 2 is 2.00 bits per heavy atom. The van der Waals surface area contributed by atoms with Crippen LogP contribution in [0.5, 0.6) is 0 Å². The van der Waals surface area contributed by atoms with Gasteiger partial charge in [0.15, 0.2) is 0 Å². The van der Waals surface area contributed by atoms with Crippen LogP contribution in [-0.4, -0.2) is 43.6 Å². The second kappa shape index (κ2) is 8.17. The van der Waals surface area contributed by atoms with Crippen LogP contribution in [-0.2, 0) is 17.3 Å². The predicted molar refractivity (Wildman–Crippen MR) is 85.7 cm³/mol. The molecule has 6 nitrogen and oxygen atoms in total. The number of nitrogens with one attached hydrogen (secondary N) is 2. The summed E-state index contributed by atoms with van der Waals surface area (Å²) in [6.45, 7) is 9.58. The molecule has 0 bridgehead atoms. The largest absolute Gasteiger partial charge is 0.338 e. The zero-order valence-electron chi connectivity index (χ0n) is 13.3. The molecule has 0 spiro atoms. The Bertz CT molecular complexity index is 480. The third kappa shape index (κ3) is 7.27. The zero-order valence-corrected chi connectivity index (χ0v) is 14.1. The van der Waals surface area contributed by atoms with E-state index in [9.17, 15) is 9.00 Å². The van der Waals surface area contributed by atoms with Crippen molar-refractivity contribution in [2.24, 2.45) is 0 Å². The molecule has 0 radical (unpaired) electrons. The van der Waals surface area contributed by atoms with Gasteiger partial charge in [0, 0.05) is 47.1 Å². The van der Waals surface area contributed by atoms with Crippen molar-refractivity contribution in [3.63, 3.8) is 0 Å². The molecule has 1 aromatic heterocycles. The fraction of sp³-hybridized carbons (Fsp3) is 0.714. The average molecular weight is 314 g/mol. The van der Waals surface area contributed by atoms with Crippen LogP contribution in [0, 0.1) is 6.92 Å². The standard InChI is InChI=1S/C14H26N4O2S/c1-12-10-17-18(11-12)8-5-6-15-13(19)16-7-9-21(20)14(2,3)4/h10-11H,5-9H2,1-4H3,(H2,15,16,19)/t21-/m0/s1. The summed E-state index contributed by atoms with van der Waals surface area (Å²) < 4.78 is 13.4. The van der Waals surface area contributed by atoms with Gasteiger partial charge in [-0.25, -0.2) is 4.79 Å². The Morgan fingerprint density at radius 1 is 1.33 bits per heavy atom. The van der Waals surface area contributed by atoms with Crippen LogP contribution in [0.2, 0.25) is 0 Å². The molecule has 0 unspecified atom stereocenters. The van der Waals surface area contributed by atoms with Crippen molar-refractivity contribution < 1.29 is 9.00 Å². The fourth-order valence-corrected chi connectivity index (χ4v) is 2.56. The summed E-state index contributed by atoms with van der Waals surface area (Å²) >= 11 is 0. The van der Waals surface area contributed by atoms with Crippen LogP contribution in [0.4, 0.5) is 4.79 Å². The molecule has 0 saturated heterocycles. The summed E-state index contributed by atoms with van der Waals surface area (Å²) in [4.78, 5) is 11.5. The quantitative estimate of drug-likeness (QED) is 0.748. The van der Waals surface area contributed by atoms with Crippen LogP contribution in [0.1, 0.15) is 32.8 Å². The van der Waals surface area contributed by atoms with Crippen LogP contribution in [0.3, 0.4) is 0 Å². The number of hydrogen-bond acceptors (Lipinski definition) is 3. The maximum absolute atomic E-state index is 11.8. The summed E-state index contributed by atoms with van der Waals surface area (Å²) in [7, 11) is -0.938. The highest BCUT2D eigenvalue weighted by Gasteiger charge is 2.18. The monoisotopic (exact) mass is 314 g/mol. The third-order valence-electron chi connectivity index (χ3n) is 2.87. The Hall–Kier alpha value is -1.37. The highest BCUT2D eigenvalue weighted by atomic mass is 32.2. The van der Waals surface area contributed by atoms with Gasteiger partial charge >= 0.3 is 6.03 Å². The second-order valence-corrected chi connectivity index (χ2v) is 8.30. The molecule has 21 heavy (non-hydrogen) atoms. The fourth-order valence-electron chi connectivity index (χ4n) is 1.66. The number of rotatable bonds is 7. The molecule has 1 rings (SSSR count). The summed E-state index contributed by atoms with van der Waals surface area (Å²) in [6, 6.07) is -0.211. The van der Waals surface area contributed by atoms with Gasteiger partial charge in [-0.05, 0) is 39.7 Å². The van der Waals surface area contributed by atoms with Gasteiger partial charge in [-0.3, -0.25) is 8.89 Å². The van der Waals surface area contributed by atoms with Gasteiger partial charge in [-0.2, -0.15) is 5.10 Å². The Kier molecular flexibility index (Phi) is 6.87. The molecule has 7 heteroatoms. The van der Waals surface area contributed by atoms with E-state index in [4.69, 9.17) is 0 Å². The minimum absolute atomic E-state index is 0.211. The summed E-state index contributed by atoms with van der Waals surface area (Å²) in [6.07, 6.45) is 4.61. The van der Waals surface area contributed by atoms with Crippen LogP contribution in [0.15, 0.2) is 12.4 Å². The molecule has 0 aliphatic rings. The molecule has 2 amide bonds. The van der Waals surface area contributed by atoms with E-state index in [0.717, 1.165) is 18.5 Å². The minimum Gasteiger partial charge on any atom is -0.338 e. The van der Waals surface area contributed by atoms with Crippen molar-refractivity contribution in [1.29, 1.82) is 0 Å². The number of aromatic nitrogens is 2. The van der Waals surface area contributed by atoms with E-state index >= 15 is 0 Å². The van der Waals surface area contributed by atoms with E-state index in [-0.39, 0.29) is 10.8 Å². The minimum atomic E-state index is -0.938. The van der Waals surface area contributed by atoms with Crippen molar-refractivity contribution in [1.82, 2.24) is 20.4 Å². The normalized spacial score (nSPS) is 13.0. The van der Waals surface area contributed by atoms with E-state index in [0.29, 0.717) is 18.8 Å². The van der Waals surface area contributed by atoms with Crippen molar-refractivity contribution in [2.75, 3.05) is 18.8 Å². The third-order valence-corrected chi connectivity index (χ3v) is 4.81. The zero-order chi connectivity index (χ0) is 15.9. The first-order valence-corrected chi connectivity index (χ1v) is 8.50. The van der Waals surface area contributed by atoms with Crippen molar-refractivity contribution in [3.05, 3.63) is 18.0 Å². The molecule has 1 aromatic rings. The topological polar surface area (TPSA) is 76.0 Å². The molecule has 1 heterocycles. The molecule has 0 fully saturated rings. The Labute approximate surface area is 129 Å². The lowest BCUT2D eigenvalue weighted by molar-refractivity contribution is 0.241. The molecule has 1 atom stereocenters. The lowest BCUT2D eigenvalue weighted by atomic mass is 10.3. The second-order valence-electron chi connectivity index (χ2n) is 5.98. The van der Waals surface area contributed by atoms with Gasteiger partial charge in [0.1, 0.15) is 0 Å². The Balaban J connectivity index is 2.08. The number of nitrogens with zero attached hydrogens (tertiary/aromatic N) is 2. The summed E-state index contributed by atoms with van der Waals surface area (Å²) in [5.74, 6) is 0.476. The number of urea groups is 1. The van der Waals surface area contributed by atoms with Gasteiger partial charge in [0.05, 0.1) is 6.20 Å². The molecule has 2 N–H and O–H groups in total. The van der Waals surface area contributed by atoms with Crippen LogP contribution >= 0.6 is 0 Å². The number of aryl methyl sites for hydroxylation is 2. The average Bonchev–Trinajstić information content (AvgIpc) is 2.79.